The van der Waals surface area contributed by atoms with E-state index in [2.05, 4.69) is 37.6 Å². The van der Waals surface area contributed by atoms with Crippen molar-refractivity contribution in [2.75, 3.05) is 33.3 Å². The first-order valence-electron chi connectivity index (χ1n) is 8.94. The second-order valence-electron chi connectivity index (χ2n) is 7.45. The number of aryl methyl sites for hydroxylation is 1. The fourth-order valence-electron chi connectivity index (χ4n) is 4.15. The largest absolute Gasteiger partial charge is 0.375 e. The molecule has 2 aromatic rings. The van der Waals surface area contributed by atoms with Gasteiger partial charge in [0.15, 0.2) is 0 Å². The molecule has 0 aliphatic carbocycles. The van der Waals surface area contributed by atoms with Crippen molar-refractivity contribution < 1.29 is 4.74 Å². The Hall–Kier alpha value is -0.860. The highest BCUT2D eigenvalue weighted by Crippen LogP contribution is 2.39. The molecule has 0 aromatic carbocycles. The maximum atomic E-state index is 5.99. The van der Waals surface area contributed by atoms with E-state index >= 15 is 0 Å². The molecule has 1 atom stereocenters. The van der Waals surface area contributed by atoms with E-state index in [9.17, 15) is 0 Å². The number of likely N-dealkylation sites (N-methyl/N-ethyl adjacent to an activating group) is 1. The first kappa shape index (κ1) is 17.5. The second-order valence-corrected chi connectivity index (χ2v) is 9.49. The molecule has 2 aliphatic rings. The molecule has 4 rings (SSSR count). The van der Waals surface area contributed by atoms with E-state index in [0.717, 1.165) is 36.9 Å². The third-order valence-corrected chi connectivity index (χ3v) is 7.09. The standard InChI is InChI=1S/C18H26N4OS2/c1-14-20-16(11-25-14)10-23-9-15-3-5-21(2)18(7-15)12-22(13-18)8-17-19-4-6-24-17/h4,6,11,15H,3,5,7-10,12-13H2,1-2H3/t15-/m0/s1. The summed E-state index contributed by atoms with van der Waals surface area (Å²) in [5.74, 6) is 0.665. The van der Waals surface area contributed by atoms with Crippen molar-refractivity contribution >= 4 is 22.7 Å². The summed E-state index contributed by atoms with van der Waals surface area (Å²) in [5.41, 5.74) is 1.42. The Morgan fingerprint density at radius 2 is 2.24 bits per heavy atom. The van der Waals surface area contributed by atoms with Gasteiger partial charge in [-0.3, -0.25) is 9.80 Å². The molecule has 0 bridgehead atoms. The molecule has 0 N–H and O–H groups in total. The Morgan fingerprint density at radius 3 is 2.96 bits per heavy atom. The Balaban J connectivity index is 1.25. The summed E-state index contributed by atoms with van der Waals surface area (Å²) in [5, 5.41) is 6.52. The third kappa shape index (κ3) is 3.95. The van der Waals surface area contributed by atoms with Gasteiger partial charge in [0.05, 0.1) is 30.5 Å². The van der Waals surface area contributed by atoms with Crippen molar-refractivity contribution in [1.82, 2.24) is 19.8 Å². The minimum Gasteiger partial charge on any atom is -0.375 e. The monoisotopic (exact) mass is 378 g/mol. The van der Waals surface area contributed by atoms with Gasteiger partial charge in [0.25, 0.3) is 0 Å². The molecule has 4 heterocycles. The number of thiazole rings is 2. The zero-order chi connectivity index (χ0) is 17.3. The lowest BCUT2D eigenvalue weighted by atomic mass is 9.75. The van der Waals surface area contributed by atoms with E-state index in [1.807, 2.05) is 13.1 Å². The van der Waals surface area contributed by atoms with Crippen LogP contribution in [0.4, 0.5) is 0 Å². The molecule has 0 radical (unpaired) electrons. The smallest absolute Gasteiger partial charge is 0.107 e. The Kier molecular flexibility index (Phi) is 5.20. The minimum absolute atomic E-state index is 0.348. The number of ether oxygens (including phenoxy) is 1. The highest BCUT2D eigenvalue weighted by molar-refractivity contribution is 7.09. The molecule has 0 amide bonds. The van der Waals surface area contributed by atoms with Crippen molar-refractivity contribution in [1.29, 1.82) is 0 Å². The first-order chi connectivity index (χ1) is 12.1. The van der Waals surface area contributed by atoms with Crippen molar-refractivity contribution in [2.45, 2.75) is 38.5 Å². The molecule has 2 aromatic heterocycles. The van der Waals surface area contributed by atoms with E-state index in [0.29, 0.717) is 18.1 Å². The van der Waals surface area contributed by atoms with E-state index in [1.54, 1.807) is 22.7 Å². The number of nitrogens with zero attached hydrogens (tertiary/aromatic N) is 4. The van der Waals surface area contributed by atoms with Gasteiger partial charge in [-0.25, -0.2) is 9.97 Å². The average molecular weight is 379 g/mol. The Morgan fingerprint density at radius 1 is 1.36 bits per heavy atom. The fraction of sp³-hybridized carbons (Fsp3) is 0.667. The predicted molar refractivity (Wildman–Crippen MR) is 102 cm³/mol. The lowest BCUT2D eigenvalue weighted by molar-refractivity contribution is -0.0936. The molecule has 2 aliphatic heterocycles. The van der Waals surface area contributed by atoms with Crippen molar-refractivity contribution in [2.24, 2.45) is 5.92 Å². The van der Waals surface area contributed by atoms with E-state index < -0.39 is 0 Å². The third-order valence-electron chi connectivity index (χ3n) is 5.50. The van der Waals surface area contributed by atoms with Gasteiger partial charge in [-0.2, -0.15) is 0 Å². The minimum atomic E-state index is 0.348. The summed E-state index contributed by atoms with van der Waals surface area (Å²) in [6.45, 7) is 8.05. The molecule has 0 unspecified atom stereocenters. The zero-order valence-corrected chi connectivity index (χ0v) is 16.6. The van der Waals surface area contributed by atoms with Crippen LogP contribution in [0.3, 0.4) is 0 Å². The van der Waals surface area contributed by atoms with Crippen LogP contribution in [0.1, 0.15) is 28.6 Å². The second kappa shape index (κ2) is 7.40. The maximum Gasteiger partial charge on any atom is 0.107 e. The molecule has 0 saturated carbocycles. The van der Waals surface area contributed by atoms with Crippen molar-refractivity contribution in [3.63, 3.8) is 0 Å². The van der Waals surface area contributed by atoms with Gasteiger partial charge in [-0.1, -0.05) is 0 Å². The van der Waals surface area contributed by atoms with Crippen LogP contribution in [-0.2, 0) is 17.9 Å². The molecule has 2 saturated heterocycles. The fourth-order valence-corrected chi connectivity index (χ4v) is 5.40. The summed E-state index contributed by atoms with van der Waals surface area (Å²) < 4.78 is 5.99. The molecule has 5 nitrogen and oxygen atoms in total. The maximum absolute atomic E-state index is 5.99. The average Bonchev–Trinajstić information content (AvgIpc) is 3.20. The highest BCUT2D eigenvalue weighted by atomic mass is 32.1. The summed E-state index contributed by atoms with van der Waals surface area (Å²) >= 11 is 3.45. The molecule has 7 heteroatoms. The van der Waals surface area contributed by atoms with Crippen LogP contribution in [-0.4, -0.2) is 58.6 Å². The number of likely N-dealkylation sites (tertiary alicyclic amines) is 2. The summed E-state index contributed by atoms with van der Waals surface area (Å²) in [6.07, 6.45) is 4.38. The molecule has 2 fully saturated rings. The van der Waals surface area contributed by atoms with Crippen LogP contribution >= 0.6 is 22.7 Å². The molecule has 25 heavy (non-hydrogen) atoms. The molecule has 1 spiro atoms. The predicted octanol–water partition coefficient (Wildman–Crippen LogP) is 3.02. The van der Waals surface area contributed by atoms with Gasteiger partial charge in [0.2, 0.25) is 0 Å². The Labute approximate surface area is 157 Å². The van der Waals surface area contributed by atoms with Crippen LogP contribution in [0.15, 0.2) is 17.0 Å². The first-order valence-corrected chi connectivity index (χ1v) is 10.7. The summed E-state index contributed by atoms with van der Waals surface area (Å²) in [7, 11) is 2.29. The molecule has 136 valence electrons. The normalized spacial score (nSPS) is 23.8. The zero-order valence-electron chi connectivity index (χ0n) is 15.0. The quantitative estimate of drug-likeness (QED) is 0.773. The number of hydrogen-bond acceptors (Lipinski definition) is 7. The van der Waals surface area contributed by atoms with E-state index in [1.165, 1.54) is 24.4 Å². The molecular weight excluding hydrogens is 352 g/mol. The number of piperidine rings is 1. The van der Waals surface area contributed by atoms with E-state index in [-0.39, 0.29) is 0 Å². The van der Waals surface area contributed by atoms with Gasteiger partial charge in [-0.05, 0) is 39.3 Å². The lowest BCUT2D eigenvalue weighted by Gasteiger charge is -2.58. The van der Waals surface area contributed by atoms with Gasteiger partial charge in [0.1, 0.15) is 5.01 Å². The topological polar surface area (TPSA) is 41.5 Å². The van der Waals surface area contributed by atoms with Crippen molar-refractivity contribution in [3.8, 4) is 0 Å². The number of hydrogen-bond donors (Lipinski definition) is 0. The Bertz CT molecular complexity index is 681. The van der Waals surface area contributed by atoms with Crippen LogP contribution in [0.5, 0.6) is 0 Å². The van der Waals surface area contributed by atoms with E-state index in [4.69, 9.17) is 4.74 Å². The summed E-state index contributed by atoms with van der Waals surface area (Å²) in [4.78, 5) is 14.0. The van der Waals surface area contributed by atoms with Gasteiger partial charge in [-0.15, -0.1) is 22.7 Å². The van der Waals surface area contributed by atoms with Gasteiger partial charge in [0, 0.05) is 35.6 Å². The highest BCUT2D eigenvalue weighted by Gasteiger charge is 2.49. The van der Waals surface area contributed by atoms with Crippen molar-refractivity contribution in [3.05, 3.63) is 32.7 Å². The number of aromatic nitrogens is 2. The van der Waals surface area contributed by atoms with Gasteiger partial charge < -0.3 is 4.74 Å². The summed E-state index contributed by atoms with van der Waals surface area (Å²) in [6, 6.07) is 0. The SMILES string of the molecule is Cc1nc(COC[C@H]2CCN(C)C3(C2)CN(Cc2nccs2)C3)cs1. The molecular formula is C18H26N4OS2. The van der Waals surface area contributed by atoms with Crippen LogP contribution < -0.4 is 0 Å². The number of rotatable bonds is 6. The van der Waals surface area contributed by atoms with Crippen LogP contribution in [0.2, 0.25) is 0 Å². The van der Waals surface area contributed by atoms with Crippen LogP contribution in [0.25, 0.3) is 0 Å². The lowest BCUT2D eigenvalue weighted by Crippen LogP contribution is -2.71. The van der Waals surface area contributed by atoms with Gasteiger partial charge >= 0.3 is 0 Å². The van der Waals surface area contributed by atoms with Crippen LogP contribution in [0, 0.1) is 12.8 Å².